The molecule has 4 aromatic carbocycles. The molecule has 0 aromatic heterocycles. The zero-order chi connectivity index (χ0) is 27.0. The average molecular weight is 548 g/mol. The molecule has 4 aromatic rings. The molecule has 39 heavy (non-hydrogen) atoms. The number of nitrogens with zero attached hydrogens (tertiary/aromatic N) is 1. The number of urea groups is 1. The van der Waals surface area contributed by atoms with Gasteiger partial charge in [-0.2, -0.15) is 0 Å². The highest BCUT2D eigenvalue weighted by atomic mass is 35.5. The highest BCUT2D eigenvalue weighted by Gasteiger charge is 2.12. The quantitative estimate of drug-likeness (QED) is 0.225. The van der Waals surface area contributed by atoms with Crippen molar-refractivity contribution >= 4 is 39.8 Å². The van der Waals surface area contributed by atoms with Gasteiger partial charge in [0.15, 0.2) is 0 Å². The lowest BCUT2D eigenvalue weighted by atomic mass is 10.1. The number of piperidine rings is 1. The molecule has 1 aliphatic rings. The monoisotopic (exact) mass is 547 g/mol. The summed E-state index contributed by atoms with van der Waals surface area (Å²) in [5.41, 5.74) is 2.04. The van der Waals surface area contributed by atoms with Gasteiger partial charge in [0.05, 0.1) is 10.7 Å². The molecule has 1 fully saturated rings. The first-order chi connectivity index (χ1) is 19.0. The summed E-state index contributed by atoms with van der Waals surface area (Å²) < 4.78 is 25.5. The van der Waals surface area contributed by atoms with Crippen molar-refractivity contribution in [1.82, 2.24) is 4.90 Å². The van der Waals surface area contributed by atoms with Gasteiger partial charge in [0.25, 0.3) is 0 Å². The van der Waals surface area contributed by atoms with E-state index in [2.05, 4.69) is 15.5 Å². The van der Waals surface area contributed by atoms with Gasteiger partial charge < -0.3 is 20.1 Å². The lowest BCUT2D eigenvalue weighted by Gasteiger charge is -2.26. The average Bonchev–Trinajstić information content (AvgIpc) is 2.96. The Hall–Kier alpha value is -3.81. The Labute approximate surface area is 232 Å². The van der Waals surface area contributed by atoms with Crippen molar-refractivity contribution in [2.45, 2.75) is 25.9 Å². The fourth-order valence-corrected chi connectivity index (χ4v) is 4.86. The molecular weight excluding hydrogens is 517 g/mol. The molecule has 6 nitrogen and oxygen atoms in total. The molecule has 0 atom stereocenters. The molecule has 0 aliphatic carbocycles. The first kappa shape index (κ1) is 26.8. The van der Waals surface area contributed by atoms with Gasteiger partial charge in [-0.1, -0.05) is 54.4 Å². The standard InChI is InChI=1S/C31H31ClFN3O3/c32-27-20-23(10-13-28(27)33)34-31(37)35-29-14-15-30(26-7-3-2-6-25(26)29)39-21-22-8-11-24(12-9-22)38-19-18-36-16-4-1-5-17-36/h2-3,6-15,20H,1,4-5,16-19,21H2,(H2,34,35,37). The van der Waals surface area contributed by atoms with Crippen LogP contribution in [-0.4, -0.2) is 37.2 Å². The highest BCUT2D eigenvalue weighted by molar-refractivity contribution is 6.31. The van der Waals surface area contributed by atoms with Gasteiger partial charge in [0.1, 0.15) is 30.5 Å². The largest absolute Gasteiger partial charge is 0.492 e. The smallest absolute Gasteiger partial charge is 0.323 e. The second kappa shape index (κ2) is 12.8. The summed E-state index contributed by atoms with van der Waals surface area (Å²) in [6.07, 6.45) is 3.90. The van der Waals surface area contributed by atoms with Crippen LogP contribution in [0.1, 0.15) is 24.8 Å². The van der Waals surface area contributed by atoms with Crippen molar-refractivity contribution in [3.8, 4) is 11.5 Å². The van der Waals surface area contributed by atoms with Crippen LogP contribution in [0.4, 0.5) is 20.6 Å². The van der Waals surface area contributed by atoms with Gasteiger partial charge >= 0.3 is 6.03 Å². The van der Waals surface area contributed by atoms with Crippen molar-refractivity contribution in [3.05, 3.63) is 95.3 Å². The molecule has 2 amide bonds. The minimum atomic E-state index is -0.545. The Morgan fingerprint density at radius 2 is 1.64 bits per heavy atom. The Kier molecular flexibility index (Phi) is 8.81. The topological polar surface area (TPSA) is 62.8 Å². The zero-order valence-electron chi connectivity index (χ0n) is 21.6. The van der Waals surface area contributed by atoms with Crippen LogP contribution in [0.3, 0.4) is 0 Å². The Balaban J connectivity index is 1.18. The minimum absolute atomic E-state index is 0.0604. The van der Waals surface area contributed by atoms with E-state index in [-0.39, 0.29) is 5.02 Å². The summed E-state index contributed by atoms with van der Waals surface area (Å²) in [5, 5.41) is 7.17. The third-order valence-corrected chi connectivity index (χ3v) is 7.04. The third kappa shape index (κ3) is 7.19. The zero-order valence-corrected chi connectivity index (χ0v) is 22.3. The molecule has 0 radical (unpaired) electrons. The van der Waals surface area contributed by atoms with Crippen molar-refractivity contribution in [1.29, 1.82) is 0 Å². The molecule has 8 heteroatoms. The lowest BCUT2D eigenvalue weighted by molar-refractivity contribution is 0.183. The van der Waals surface area contributed by atoms with Gasteiger partial charge in [0, 0.05) is 23.0 Å². The number of hydrogen-bond donors (Lipinski definition) is 2. The van der Waals surface area contributed by atoms with Crippen molar-refractivity contribution in [3.63, 3.8) is 0 Å². The molecule has 0 bridgehead atoms. The van der Waals surface area contributed by atoms with Gasteiger partial charge in [-0.05, 0) is 74.0 Å². The number of halogens is 2. The van der Waals surface area contributed by atoms with E-state index >= 15 is 0 Å². The van der Waals surface area contributed by atoms with E-state index in [1.807, 2.05) is 54.6 Å². The van der Waals surface area contributed by atoms with Crippen LogP contribution in [0, 0.1) is 5.82 Å². The number of fused-ring (bicyclic) bond motifs is 1. The van der Waals surface area contributed by atoms with Crippen LogP contribution in [0.2, 0.25) is 5.02 Å². The number of anilines is 2. The van der Waals surface area contributed by atoms with E-state index in [1.54, 1.807) is 6.07 Å². The van der Waals surface area contributed by atoms with Gasteiger partial charge in [0.2, 0.25) is 0 Å². The summed E-state index contributed by atoms with van der Waals surface area (Å²) in [6, 6.07) is 22.9. The van der Waals surface area contributed by atoms with Crippen LogP contribution in [0.15, 0.2) is 78.9 Å². The van der Waals surface area contributed by atoms with Crippen molar-refractivity contribution < 1.29 is 18.7 Å². The number of rotatable bonds is 9. The minimum Gasteiger partial charge on any atom is -0.492 e. The number of benzene rings is 4. The predicted octanol–water partition coefficient (Wildman–Crippen LogP) is 7.72. The molecule has 5 rings (SSSR count). The summed E-state index contributed by atoms with van der Waals surface area (Å²) in [6.45, 7) is 4.40. The third-order valence-electron chi connectivity index (χ3n) is 6.75. The van der Waals surface area contributed by atoms with Crippen molar-refractivity contribution in [2.75, 3.05) is 36.9 Å². The SMILES string of the molecule is O=C(Nc1ccc(F)c(Cl)c1)Nc1ccc(OCc2ccc(OCCN3CCCCC3)cc2)c2ccccc12. The number of amides is 2. The number of ether oxygens (including phenoxy) is 2. The normalized spacial score (nSPS) is 13.7. The molecule has 1 aliphatic heterocycles. The first-order valence-electron chi connectivity index (χ1n) is 13.2. The Bertz CT molecular complexity index is 1420. The maximum absolute atomic E-state index is 13.4. The number of likely N-dealkylation sites (tertiary alicyclic amines) is 1. The summed E-state index contributed by atoms with van der Waals surface area (Å²) in [5.74, 6) is 1.03. The Morgan fingerprint density at radius 3 is 2.41 bits per heavy atom. The van der Waals surface area contributed by atoms with E-state index in [0.29, 0.717) is 30.3 Å². The second-order valence-corrected chi connectivity index (χ2v) is 9.96. The maximum Gasteiger partial charge on any atom is 0.323 e. The predicted molar refractivity (Wildman–Crippen MR) is 155 cm³/mol. The number of hydrogen-bond acceptors (Lipinski definition) is 4. The number of nitrogens with one attached hydrogen (secondary N) is 2. The van der Waals surface area contributed by atoms with Crippen LogP contribution in [0.25, 0.3) is 10.8 Å². The first-order valence-corrected chi connectivity index (χ1v) is 13.5. The summed E-state index contributed by atoms with van der Waals surface area (Å²) >= 11 is 5.81. The van der Waals surface area contributed by atoms with Crippen LogP contribution < -0.4 is 20.1 Å². The van der Waals surface area contributed by atoms with E-state index < -0.39 is 11.8 Å². The number of carbonyl (C=O) groups is 1. The highest BCUT2D eigenvalue weighted by Crippen LogP contribution is 2.32. The summed E-state index contributed by atoms with van der Waals surface area (Å²) in [7, 11) is 0. The molecule has 2 N–H and O–H groups in total. The molecule has 1 heterocycles. The molecule has 1 saturated heterocycles. The van der Waals surface area contributed by atoms with Crippen LogP contribution in [0.5, 0.6) is 11.5 Å². The van der Waals surface area contributed by atoms with E-state index in [1.165, 1.54) is 50.6 Å². The molecule has 0 spiro atoms. The number of carbonyl (C=O) groups excluding carboxylic acids is 1. The van der Waals surface area contributed by atoms with Crippen LogP contribution in [-0.2, 0) is 6.61 Å². The van der Waals surface area contributed by atoms with E-state index in [0.717, 1.165) is 28.6 Å². The fourth-order valence-electron chi connectivity index (χ4n) is 4.68. The van der Waals surface area contributed by atoms with E-state index in [4.69, 9.17) is 21.1 Å². The van der Waals surface area contributed by atoms with Gasteiger partial charge in [-0.15, -0.1) is 0 Å². The molecule has 202 valence electrons. The molecule has 0 saturated carbocycles. The Morgan fingerprint density at radius 1 is 0.872 bits per heavy atom. The summed E-state index contributed by atoms with van der Waals surface area (Å²) in [4.78, 5) is 15.1. The lowest BCUT2D eigenvalue weighted by Crippen LogP contribution is -2.33. The van der Waals surface area contributed by atoms with E-state index in [9.17, 15) is 9.18 Å². The van der Waals surface area contributed by atoms with Gasteiger partial charge in [-0.25, -0.2) is 9.18 Å². The second-order valence-electron chi connectivity index (χ2n) is 9.55. The molecule has 0 unspecified atom stereocenters. The fraction of sp³-hybridized carbons (Fsp3) is 0.258. The maximum atomic E-state index is 13.4. The molecular formula is C31H31ClFN3O3. The van der Waals surface area contributed by atoms with Crippen molar-refractivity contribution in [2.24, 2.45) is 0 Å². The van der Waals surface area contributed by atoms with Gasteiger partial charge in [-0.3, -0.25) is 4.90 Å². The van der Waals surface area contributed by atoms with Crippen LogP contribution >= 0.6 is 11.6 Å².